The van der Waals surface area contributed by atoms with E-state index < -0.39 is 0 Å². The molecular formula is C12H18BrN3O. The van der Waals surface area contributed by atoms with Crippen LogP contribution >= 0.6 is 15.9 Å². The van der Waals surface area contributed by atoms with E-state index in [1.807, 2.05) is 6.92 Å². The normalized spacial score (nSPS) is 17.1. The lowest BCUT2D eigenvalue weighted by Crippen LogP contribution is -2.17. The van der Waals surface area contributed by atoms with Crippen LogP contribution in [0.25, 0.3) is 0 Å². The highest BCUT2D eigenvalue weighted by molar-refractivity contribution is 9.10. The van der Waals surface area contributed by atoms with Crippen LogP contribution in [0.4, 0.5) is 5.82 Å². The molecule has 0 radical (unpaired) electrons. The van der Waals surface area contributed by atoms with E-state index >= 15 is 0 Å². The minimum absolute atomic E-state index is 0.438. The van der Waals surface area contributed by atoms with Gasteiger partial charge in [0.25, 0.3) is 0 Å². The van der Waals surface area contributed by atoms with Crippen LogP contribution in [0.3, 0.4) is 0 Å². The van der Waals surface area contributed by atoms with E-state index in [0.717, 1.165) is 54.4 Å². The van der Waals surface area contributed by atoms with Gasteiger partial charge in [0.2, 0.25) is 0 Å². The summed E-state index contributed by atoms with van der Waals surface area (Å²) < 4.78 is 6.34. The second kappa shape index (κ2) is 5.78. The number of nitrogens with one attached hydrogen (secondary N) is 1. The first-order valence-electron chi connectivity index (χ1n) is 6.08. The zero-order valence-electron chi connectivity index (χ0n) is 10.3. The Morgan fingerprint density at radius 1 is 1.35 bits per heavy atom. The summed E-state index contributed by atoms with van der Waals surface area (Å²) >= 11 is 3.53. The fourth-order valence-corrected chi connectivity index (χ4v) is 2.32. The maximum Gasteiger partial charge on any atom is 0.144 e. The largest absolute Gasteiger partial charge is 0.381 e. The molecule has 17 heavy (non-hydrogen) atoms. The summed E-state index contributed by atoms with van der Waals surface area (Å²) in [6, 6.07) is 0. The Balaban J connectivity index is 2.27. The van der Waals surface area contributed by atoms with Crippen molar-refractivity contribution in [3.63, 3.8) is 0 Å². The molecule has 0 bridgehead atoms. The third-order valence-corrected chi connectivity index (χ3v) is 3.91. The van der Waals surface area contributed by atoms with Crippen molar-refractivity contribution in [1.29, 1.82) is 0 Å². The van der Waals surface area contributed by atoms with E-state index in [1.165, 1.54) is 0 Å². The number of aryl methyl sites for hydroxylation is 1. The van der Waals surface area contributed by atoms with Crippen LogP contribution in [-0.4, -0.2) is 29.7 Å². The van der Waals surface area contributed by atoms with Crippen LogP contribution in [0.15, 0.2) is 4.47 Å². The molecule has 0 atom stereocenters. The Morgan fingerprint density at radius 2 is 2.06 bits per heavy atom. The third kappa shape index (κ3) is 2.96. The summed E-state index contributed by atoms with van der Waals surface area (Å²) in [5, 5.41) is 3.27. The van der Waals surface area contributed by atoms with Crippen LogP contribution < -0.4 is 5.32 Å². The highest BCUT2D eigenvalue weighted by Gasteiger charge is 2.20. The fraction of sp³-hybridized carbons (Fsp3) is 0.667. The molecule has 4 nitrogen and oxygen atoms in total. The van der Waals surface area contributed by atoms with Gasteiger partial charge in [-0.15, -0.1) is 0 Å². The molecule has 1 fully saturated rings. The second-order valence-corrected chi connectivity index (χ2v) is 5.04. The molecule has 2 rings (SSSR count). The van der Waals surface area contributed by atoms with Gasteiger partial charge in [0.15, 0.2) is 0 Å². The van der Waals surface area contributed by atoms with Gasteiger partial charge in [0, 0.05) is 25.7 Å². The minimum Gasteiger partial charge on any atom is -0.381 e. The van der Waals surface area contributed by atoms with E-state index in [2.05, 4.69) is 38.1 Å². The molecular weight excluding hydrogens is 282 g/mol. The lowest BCUT2D eigenvalue weighted by molar-refractivity contribution is 0.0835. The van der Waals surface area contributed by atoms with Gasteiger partial charge >= 0.3 is 0 Å². The Labute approximate surface area is 110 Å². The monoisotopic (exact) mass is 299 g/mol. The van der Waals surface area contributed by atoms with Crippen LogP contribution in [0, 0.1) is 6.92 Å². The van der Waals surface area contributed by atoms with Crippen molar-refractivity contribution in [2.24, 2.45) is 0 Å². The van der Waals surface area contributed by atoms with Gasteiger partial charge in [-0.25, -0.2) is 9.97 Å². The average Bonchev–Trinajstić information content (AvgIpc) is 2.36. The molecule has 0 spiro atoms. The Morgan fingerprint density at radius 3 is 2.71 bits per heavy atom. The number of rotatable bonds is 3. The van der Waals surface area contributed by atoms with Gasteiger partial charge in [0.05, 0.1) is 10.2 Å². The average molecular weight is 300 g/mol. The van der Waals surface area contributed by atoms with Gasteiger partial charge in [-0.1, -0.05) is 0 Å². The van der Waals surface area contributed by atoms with Crippen molar-refractivity contribution in [2.75, 3.05) is 25.1 Å². The standard InChI is InChI=1S/C12H18BrN3O/c1-3-14-12-10(13)8(2)15-11(16-12)9-4-6-17-7-5-9/h9H,3-7H2,1-2H3,(H,14,15,16). The summed E-state index contributed by atoms with van der Waals surface area (Å²) in [5.41, 5.74) is 0.998. The van der Waals surface area contributed by atoms with Crippen molar-refractivity contribution < 1.29 is 4.74 Å². The predicted molar refractivity (Wildman–Crippen MR) is 71.4 cm³/mol. The molecule has 5 heteroatoms. The first-order valence-corrected chi connectivity index (χ1v) is 6.87. The van der Waals surface area contributed by atoms with Crippen LogP contribution in [-0.2, 0) is 4.74 Å². The lowest BCUT2D eigenvalue weighted by atomic mass is 9.99. The first kappa shape index (κ1) is 12.8. The summed E-state index contributed by atoms with van der Waals surface area (Å²) in [5.74, 6) is 2.29. The second-order valence-electron chi connectivity index (χ2n) is 4.25. The highest BCUT2D eigenvalue weighted by atomic mass is 79.9. The summed E-state index contributed by atoms with van der Waals surface area (Å²) in [4.78, 5) is 9.21. The Kier molecular flexibility index (Phi) is 4.34. The fourth-order valence-electron chi connectivity index (χ4n) is 2.00. The van der Waals surface area contributed by atoms with Crippen molar-refractivity contribution in [3.05, 3.63) is 16.0 Å². The molecule has 1 aromatic heterocycles. The maximum absolute atomic E-state index is 5.37. The SMILES string of the molecule is CCNc1nc(C2CCOCC2)nc(C)c1Br. The van der Waals surface area contributed by atoms with Crippen molar-refractivity contribution in [3.8, 4) is 0 Å². The number of aromatic nitrogens is 2. The quantitative estimate of drug-likeness (QED) is 0.932. The van der Waals surface area contributed by atoms with Gasteiger partial charge < -0.3 is 10.1 Å². The molecule has 0 aromatic carbocycles. The molecule has 1 N–H and O–H groups in total. The summed E-state index contributed by atoms with van der Waals surface area (Å²) in [6.07, 6.45) is 2.04. The molecule has 0 aliphatic carbocycles. The van der Waals surface area contributed by atoms with E-state index in [-0.39, 0.29) is 0 Å². The van der Waals surface area contributed by atoms with E-state index in [9.17, 15) is 0 Å². The van der Waals surface area contributed by atoms with E-state index in [4.69, 9.17) is 4.74 Å². The smallest absolute Gasteiger partial charge is 0.144 e. The van der Waals surface area contributed by atoms with Crippen LogP contribution in [0.5, 0.6) is 0 Å². The van der Waals surface area contributed by atoms with Gasteiger partial charge in [-0.05, 0) is 42.6 Å². The molecule has 1 aromatic rings. The summed E-state index contributed by atoms with van der Waals surface area (Å²) in [6.45, 7) is 6.58. The topological polar surface area (TPSA) is 47.0 Å². The number of halogens is 1. The molecule has 1 aliphatic rings. The molecule has 1 saturated heterocycles. The minimum atomic E-state index is 0.438. The lowest BCUT2D eigenvalue weighted by Gasteiger charge is -2.22. The number of hydrogen-bond donors (Lipinski definition) is 1. The van der Waals surface area contributed by atoms with E-state index in [0.29, 0.717) is 5.92 Å². The number of anilines is 1. The van der Waals surface area contributed by atoms with E-state index in [1.54, 1.807) is 0 Å². The molecule has 94 valence electrons. The van der Waals surface area contributed by atoms with Gasteiger partial charge in [0.1, 0.15) is 11.6 Å². The zero-order chi connectivity index (χ0) is 12.3. The molecule has 1 aliphatic heterocycles. The third-order valence-electron chi connectivity index (χ3n) is 2.96. The van der Waals surface area contributed by atoms with Crippen molar-refractivity contribution >= 4 is 21.7 Å². The van der Waals surface area contributed by atoms with Crippen LogP contribution in [0.1, 0.15) is 37.2 Å². The molecule has 0 saturated carbocycles. The first-order chi connectivity index (χ1) is 8.22. The molecule has 0 amide bonds. The maximum atomic E-state index is 5.37. The highest BCUT2D eigenvalue weighted by Crippen LogP contribution is 2.29. The van der Waals surface area contributed by atoms with Gasteiger partial charge in [-0.3, -0.25) is 0 Å². The predicted octanol–water partition coefficient (Wildman–Crippen LogP) is 2.87. The number of ether oxygens (including phenoxy) is 1. The zero-order valence-corrected chi connectivity index (χ0v) is 11.9. The molecule has 2 heterocycles. The van der Waals surface area contributed by atoms with Gasteiger partial charge in [-0.2, -0.15) is 0 Å². The van der Waals surface area contributed by atoms with Crippen LogP contribution in [0.2, 0.25) is 0 Å². The molecule has 0 unspecified atom stereocenters. The Bertz CT molecular complexity index is 392. The van der Waals surface area contributed by atoms with Crippen molar-refractivity contribution in [1.82, 2.24) is 9.97 Å². The summed E-state index contributed by atoms with van der Waals surface area (Å²) in [7, 11) is 0. The Hall–Kier alpha value is -0.680. The van der Waals surface area contributed by atoms with Crippen molar-refractivity contribution in [2.45, 2.75) is 32.6 Å². The number of hydrogen-bond acceptors (Lipinski definition) is 4. The number of nitrogens with zero attached hydrogens (tertiary/aromatic N) is 2.